The lowest BCUT2D eigenvalue weighted by molar-refractivity contribution is -0.112. The molecular formula is C12H22NO7P. The zero-order valence-electron chi connectivity index (χ0n) is 12.2. The summed E-state index contributed by atoms with van der Waals surface area (Å²) >= 11 is 0. The van der Waals surface area contributed by atoms with E-state index in [0.717, 1.165) is 25.7 Å². The molecule has 8 nitrogen and oxygen atoms in total. The van der Waals surface area contributed by atoms with Gasteiger partial charge in [0.1, 0.15) is 6.10 Å². The summed E-state index contributed by atoms with van der Waals surface area (Å²) in [6, 6.07) is 0. The van der Waals surface area contributed by atoms with Gasteiger partial charge in [-0.25, -0.2) is 13.9 Å². The molecule has 0 saturated heterocycles. The maximum Gasteiger partial charge on any atom is 0.510 e. The Labute approximate surface area is 123 Å². The molecule has 0 aromatic rings. The third-order valence-electron chi connectivity index (χ3n) is 4.87. The Balaban J connectivity index is 1.87. The fraction of sp³-hybridized carbons (Fsp3) is 0.917. The first-order chi connectivity index (χ1) is 9.68. The summed E-state index contributed by atoms with van der Waals surface area (Å²) in [6.07, 6.45) is 3.51. The van der Waals surface area contributed by atoms with Crippen molar-refractivity contribution >= 4 is 14.0 Å². The Morgan fingerprint density at radius 1 is 1.33 bits per heavy atom. The standard InChI is InChI=1S/C12H22NO7P/c1-11-3-5-12(13-2,6-4-11)7-9(11)20-10(14)18-8-19-21(15,16)17/h9,13H,3-8H2,1-2H3,(H2,15,16,17). The van der Waals surface area contributed by atoms with E-state index in [-0.39, 0.29) is 17.1 Å². The van der Waals surface area contributed by atoms with Gasteiger partial charge in [0, 0.05) is 17.4 Å². The van der Waals surface area contributed by atoms with Crippen LogP contribution in [-0.4, -0.2) is 41.4 Å². The highest BCUT2D eigenvalue weighted by molar-refractivity contribution is 7.46. The Kier molecular flexibility index (Phi) is 4.66. The van der Waals surface area contributed by atoms with Gasteiger partial charge in [-0.2, -0.15) is 0 Å². The first-order valence-corrected chi connectivity index (χ1v) is 8.44. The molecule has 21 heavy (non-hydrogen) atoms. The molecule has 0 spiro atoms. The van der Waals surface area contributed by atoms with Gasteiger partial charge in [-0.05, 0) is 32.7 Å². The van der Waals surface area contributed by atoms with Gasteiger partial charge >= 0.3 is 14.0 Å². The van der Waals surface area contributed by atoms with Crippen LogP contribution in [0.2, 0.25) is 0 Å². The topological polar surface area (TPSA) is 114 Å². The maximum atomic E-state index is 11.6. The highest BCUT2D eigenvalue weighted by atomic mass is 31.2. The van der Waals surface area contributed by atoms with Crippen LogP contribution in [0.25, 0.3) is 0 Å². The molecule has 3 fully saturated rings. The van der Waals surface area contributed by atoms with Crippen LogP contribution in [0, 0.1) is 5.41 Å². The fourth-order valence-corrected chi connectivity index (χ4v) is 3.45. The predicted octanol–water partition coefficient (Wildman–Crippen LogP) is 1.52. The van der Waals surface area contributed by atoms with E-state index >= 15 is 0 Å². The minimum Gasteiger partial charge on any atom is -0.430 e. The largest absolute Gasteiger partial charge is 0.510 e. The summed E-state index contributed by atoms with van der Waals surface area (Å²) in [7, 11) is -2.73. The van der Waals surface area contributed by atoms with Crippen molar-refractivity contribution in [3.8, 4) is 0 Å². The molecule has 1 atom stereocenters. The quantitative estimate of drug-likeness (QED) is 0.396. The van der Waals surface area contributed by atoms with Gasteiger partial charge in [-0.15, -0.1) is 0 Å². The van der Waals surface area contributed by atoms with Crippen molar-refractivity contribution in [1.29, 1.82) is 0 Å². The van der Waals surface area contributed by atoms with Crippen molar-refractivity contribution in [3.05, 3.63) is 0 Å². The number of fused-ring (bicyclic) bond motifs is 3. The van der Waals surface area contributed by atoms with Crippen molar-refractivity contribution in [2.45, 2.75) is 50.7 Å². The lowest BCUT2D eigenvalue weighted by Crippen LogP contribution is -2.59. The molecule has 2 bridgehead atoms. The van der Waals surface area contributed by atoms with Gasteiger partial charge in [0.25, 0.3) is 0 Å². The lowest BCUT2D eigenvalue weighted by atomic mass is 9.56. The van der Waals surface area contributed by atoms with Crippen LogP contribution in [0.5, 0.6) is 0 Å². The van der Waals surface area contributed by atoms with Gasteiger partial charge in [0.15, 0.2) is 0 Å². The second-order valence-corrected chi connectivity index (χ2v) is 7.37. The zero-order chi connectivity index (χ0) is 15.7. The number of hydrogen-bond acceptors (Lipinski definition) is 6. The summed E-state index contributed by atoms with van der Waals surface area (Å²) in [6.45, 7) is 1.26. The van der Waals surface area contributed by atoms with E-state index in [2.05, 4.69) is 21.5 Å². The zero-order valence-corrected chi connectivity index (χ0v) is 13.1. The molecule has 3 N–H and O–H groups in total. The van der Waals surface area contributed by atoms with Gasteiger partial charge in [-0.1, -0.05) is 6.92 Å². The maximum absolute atomic E-state index is 11.6. The van der Waals surface area contributed by atoms with E-state index in [1.54, 1.807) is 0 Å². The molecular weight excluding hydrogens is 301 g/mol. The molecule has 0 aromatic carbocycles. The molecule has 0 heterocycles. The summed E-state index contributed by atoms with van der Waals surface area (Å²) in [5.41, 5.74) is -0.0627. The minimum absolute atomic E-state index is 0.00507. The first-order valence-electron chi connectivity index (χ1n) is 6.91. The third-order valence-corrected chi connectivity index (χ3v) is 5.31. The van der Waals surface area contributed by atoms with Crippen LogP contribution in [0.1, 0.15) is 39.0 Å². The average Bonchev–Trinajstić information content (AvgIpc) is 2.39. The fourth-order valence-electron chi connectivity index (χ4n) is 3.26. The highest BCUT2D eigenvalue weighted by Gasteiger charge is 2.53. The van der Waals surface area contributed by atoms with Crippen molar-refractivity contribution in [2.75, 3.05) is 13.8 Å². The number of hydrogen-bond donors (Lipinski definition) is 3. The summed E-state index contributed by atoms with van der Waals surface area (Å²) in [5.74, 6) is 0. The van der Waals surface area contributed by atoms with Crippen LogP contribution < -0.4 is 5.32 Å². The van der Waals surface area contributed by atoms with E-state index in [1.165, 1.54) is 0 Å². The molecule has 3 saturated carbocycles. The normalized spacial score (nSPS) is 35.5. The molecule has 1 unspecified atom stereocenters. The van der Waals surface area contributed by atoms with E-state index in [1.807, 2.05) is 7.05 Å². The number of phosphoric acid groups is 1. The molecule has 0 radical (unpaired) electrons. The molecule has 9 heteroatoms. The molecule has 3 rings (SSSR count). The molecule has 3 aliphatic carbocycles. The molecule has 122 valence electrons. The SMILES string of the molecule is CNC12CCC(C)(CC1)C(OC(=O)OCOP(=O)(O)O)C2. The Morgan fingerprint density at radius 3 is 2.48 bits per heavy atom. The number of ether oxygens (including phenoxy) is 2. The number of rotatable bonds is 5. The van der Waals surface area contributed by atoms with Crippen LogP contribution in [-0.2, 0) is 18.6 Å². The number of carbonyl (C=O) groups is 1. The van der Waals surface area contributed by atoms with Gasteiger partial charge in [0.2, 0.25) is 6.79 Å². The Hall–Kier alpha value is -0.660. The lowest BCUT2D eigenvalue weighted by Gasteiger charge is -2.55. The van der Waals surface area contributed by atoms with Crippen LogP contribution in [0.3, 0.4) is 0 Å². The van der Waals surface area contributed by atoms with Crippen LogP contribution in [0.15, 0.2) is 0 Å². The van der Waals surface area contributed by atoms with Crippen LogP contribution >= 0.6 is 7.82 Å². The number of carbonyl (C=O) groups excluding carboxylic acids is 1. The smallest absolute Gasteiger partial charge is 0.430 e. The Morgan fingerprint density at radius 2 is 1.95 bits per heavy atom. The second kappa shape index (κ2) is 5.85. The average molecular weight is 323 g/mol. The first kappa shape index (κ1) is 16.7. The number of phosphoric ester groups is 1. The second-order valence-electron chi connectivity index (χ2n) is 6.13. The Bertz CT molecular complexity index is 441. The predicted molar refractivity (Wildman–Crippen MR) is 72.3 cm³/mol. The van der Waals surface area contributed by atoms with E-state index in [4.69, 9.17) is 14.5 Å². The van der Waals surface area contributed by atoms with Crippen LogP contribution in [0.4, 0.5) is 4.79 Å². The third kappa shape index (κ3) is 3.96. The van der Waals surface area contributed by atoms with E-state index in [0.29, 0.717) is 6.42 Å². The van der Waals surface area contributed by atoms with Crippen molar-refractivity contribution in [3.63, 3.8) is 0 Å². The molecule has 0 aromatic heterocycles. The molecule has 0 amide bonds. The van der Waals surface area contributed by atoms with Crippen molar-refractivity contribution in [2.24, 2.45) is 5.41 Å². The minimum atomic E-state index is -4.65. The highest BCUT2D eigenvalue weighted by Crippen LogP contribution is 2.53. The summed E-state index contributed by atoms with van der Waals surface area (Å²) in [5, 5.41) is 3.33. The van der Waals surface area contributed by atoms with Gasteiger partial charge in [-0.3, -0.25) is 0 Å². The summed E-state index contributed by atoms with van der Waals surface area (Å²) in [4.78, 5) is 28.6. The van der Waals surface area contributed by atoms with Gasteiger partial charge < -0.3 is 24.6 Å². The van der Waals surface area contributed by atoms with E-state index in [9.17, 15) is 9.36 Å². The monoisotopic (exact) mass is 323 g/mol. The number of nitrogens with one attached hydrogen (secondary N) is 1. The van der Waals surface area contributed by atoms with Crippen molar-refractivity contribution < 1.29 is 33.1 Å². The summed E-state index contributed by atoms with van der Waals surface area (Å²) < 4.78 is 24.4. The van der Waals surface area contributed by atoms with Gasteiger partial charge in [0.05, 0.1) is 0 Å². The molecule has 0 aliphatic heterocycles. The van der Waals surface area contributed by atoms with E-state index < -0.39 is 20.8 Å². The van der Waals surface area contributed by atoms with Crippen molar-refractivity contribution in [1.82, 2.24) is 5.32 Å². The molecule has 3 aliphatic rings.